The third-order valence-electron chi connectivity index (χ3n) is 1.87. The van der Waals surface area contributed by atoms with Gasteiger partial charge in [-0.3, -0.25) is 0 Å². The maximum atomic E-state index is 5.48. The van der Waals surface area contributed by atoms with Gasteiger partial charge in [0.25, 0.3) is 0 Å². The minimum atomic E-state index is -1.45. The quantitative estimate of drug-likeness (QED) is 0.473. The lowest BCUT2D eigenvalue weighted by atomic mass is 10.6. The molecule has 0 saturated carbocycles. The summed E-state index contributed by atoms with van der Waals surface area (Å²) in [5, 5.41) is 0. The average Bonchev–Trinajstić information content (AvgIpc) is 2.22. The Morgan fingerprint density at radius 2 is 1.78 bits per heavy atom. The Bertz CT molecular complexity index is 120. The first kappa shape index (κ1) is 6.05. The van der Waals surface area contributed by atoms with Crippen LogP contribution in [0, 0.1) is 0 Å². The molecule has 2 aliphatic heterocycles. The van der Waals surface area contributed by atoms with Gasteiger partial charge in [0.1, 0.15) is 19.9 Å². The van der Waals surface area contributed by atoms with Gasteiger partial charge in [0.15, 0.2) is 0 Å². The van der Waals surface area contributed by atoms with E-state index in [1.165, 1.54) is 0 Å². The Morgan fingerprint density at radius 1 is 1.22 bits per heavy atom. The molecule has 0 atom stereocenters. The fourth-order valence-electron chi connectivity index (χ4n) is 1.31. The van der Waals surface area contributed by atoms with Crippen LogP contribution in [0.5, 0.6) is 0 Å². The number of hydrogen-bond donors (Lipinski definition) is 0. The highest BCUT2D eigenvalue weighted by molar-refractivity contribution is 7.63. The standard InChI is InChI=1S/C5H11NO2P/c1-9-6(2-4-7-9)3-5-8-9/h2-5H2,1H3/q+1. The first-order chi connectivity index (χ1) is 4.31. The van der Waals surface area contributed by atoms with Gasteiger partial charge < -0.3 is 0 Å². The Kier molecular flexibility index (Phi) is 1.27. The van der Waals surface area contributed by atoms with Crippen LogP contribution in [0.15, 0.2) is 0 Å². The van der Waals surface area contributed by atoms with Crippen LogP contribution < -0.4 is 0 Å². The minimum Gasteiger partial charge on any atom is -0.186 e. The average molecular weight is 148 g/mol. The van der Waals surface area contributed by atoms with Gasteiger partial charge in [-0.1, -0.05) is 0 Å². The van der Waals surface area contributed by atoms with Crippen LogP contribution in [0.4, 0.5) is 0 Å². The fraction of sp³-hybridized carbons (Fsp3) is 1.00. The van der Waals surface area contributed by atoms with E-state index in [9.17, 15) is 0 Å². The maximum Gasteiger partial charge on any atom is 0.345 e. The summed E-state index contributed by atoms with van der Waals surface area (Å²) in [6.45, 7) is 5.97. The smallest absolute Gasteiger partial charge is 0.186 e. The normalized spacial score (nSPS) is 33.0. The molecule has 2 saturated heterocycles. The van der Waals surface area contributed by atoms with Gasteiger partial charge in [-0.15, -0.1) is 4.67 Å². The summed E-state index contributed by atoms with van der Waals surface area (Å²) in [5.41, 5.74) is 0. The number of fused-ring (bicyclic) bond motifs is 1. The van der Waals surface area contributed by atoms with Crippen molar-refractivity contribution >= 4 is 7.87 Å². The zero-order valence-corrected chi connectivity index (χ0v) is 6.43. The van der Waals surface area contributed by atoms with Crippen LogP contribution >= 0.6 is 7.87 Å². The fourth-order valence-corrected chi connectivity index (χ4v) is 3.44. The Hall–Kier alpha value is 0.310. The Morgan fingerprint density at radius 3 is 2.22 bits per heavy atom. The highest BCUT2D eigenvalue weighted by atomic mass is 31.2. The van der Waals surface area contributed by atoms with Gasteiger partial charge in [-0.2, -0.15) is 9.05 Å². The first-order valence-corrected chi connectivity index (χ1v) is 5.25. The molecule has 4 heteroatoms. The van der Waals surface area contributed by atoms with Crippen LogP contribution in [0.3, 0.4) is 0 Å². The number of hydrogen-bond acceptors (Lipinski definition) is 3. The van der Waals surface area contributed by atoms with E-state index in [0.717, 1.165) is 26.3 Å². The molecule has 0 aromatic carbocycles. The van der Waals surface area contributed by atoms with E-state index in [2.05, 4.69) is 11.3 Å². The van der Waals surface area contributed by atoms with Gasteiger partial charge in [0, 0.05) is 0 Å². The van der Waals surface area contributed by atoms with Crippen LogP contribution in [-0.2, 0) is 9.05 Å². The molecule has 0 aromatic heterocycles. The monoisotopic (exact) mass is 148 g/mol. The summed E-state index contributed by atoms with van der Waals surface area (Å²) in [6, 6.07) is 0. The highest BCUT2D eigenvalue weighted by Gasteiger charge is 2.53. The lowest BCUT2D eigenvalue weighted by Gasteiger charge is -2.11. The predicted molar refractivity (Wildman–Crippen MR) is 36.3 cm³/mol. The summed E-state index contributed by atoms with van der Waals surface area (Å²) >= 11 is 0. The summed E-state index contributed by atoms with van der Waals surface area (Å²) in [5.74, 6) is 0. The molecule has 0 aromatic rings. The van der Waals surface area contributed by atoms with Crippen molar-refractivity contribution in [3.63, 3.8) is 0 Å². The van der Waals surface area contributed by atoms with E-state index in [1.807, 2.05) is 0 Å². The highest BCUT2D eigenvalue weighted by Crippen LogP contribution is 2.66. The number of rotatable bonds is 0. The van der Waals surface area contributed by atoms with Gasteiger partial charge in [0.05, 0.1) is 13.1 Å². The van der Waals surface area contributed by atoms with Gasteiger partial charge in [-0.05, 0) is 0 Å². The molecule has 0 radical (unpaired) electrons. The second-order valence-corrected chi connectivity index (χ2v) is 5.11. The molecular weight excluding hydrogens is 137 g/mol. The molecule has 0 N–H and O–H groups in total. The molecule has 2 aliphatic rings. The summed E-state index contributed by atoms with van der Waals surface area (Å²) < 4.78 is 13.3. The SMILES string of the molecule is C[P+]12OCCN1CCO2. The predicted octanol–water partition coefficient (Wildman–Crippen LogP) is 0.741. The lowest BCUT2D eigenvalue weighted by Crippen LogP contribution is -2.14. The molecule has 0 amide bonds. The van der Waals surface area contributed by atoms with E-state index < -0.39 is 7.87 Å². The van der Waals surface area contributed by atoms with Gasteiger partial charge >= 0.3 is 7.87 Å². The van der Waals surface area contributed by atoms with E-state index in [4.69, 9.17) is 9.05 Å². The maximum absolute atomic E-state index is 5.48. The summed E-state index contributed by atoms with van der Waals surface area (Å²) in [6.07, 6.45) is 0. The second-order valence-electron chi connectivity index (χ2n) is 2.42. The topological polar surface area (TPSA) is 21.7 Å². The number of nitrogens with zero attached hydrogens (tertiary/aromatic N) is 1. The van der Waals surface area contributed by atoms with Crippen molar-refractivity contribution in [2.24, 2.45) is 0 Å². The molecule has 0 unspecified atom stereocenters. The van der Waals surface area contributed by atoms with Gasteiger partial charge in [0.2, 0.25) is 0 Å². The van der Waals surface area contributed by atoms with Crippen LogP contribution in [0.1, 0.15) is 0 Å². The molecule has 0 spiro atoms. The van der Waals surface area contributed by atoms with Crippen LogP contribution in [-0.4, -0.2) is 37.6 Å². The van der Waals surface area contributed by atoms with Crippen molar-refractivity contribution in [2.45, 2.75) is 0 Å². The Labute approximate surface area is 55.5 Å². The Balaban J connectivity index is 2.17. The zero-order chi connectivity index (χ0) is 6.32. The van der Waals surface area contributed by atoms with Crippen molar-refractivity contribution in [3.8, 4) is 0 Å². The van der Waals surface area contributed by atoms with Crippen molar-refractivity contribution in [3.05, 3.63) is 0 Å². The minimum absolute atomic E-state index is 0.865. The molecule has 2 rings (SSSR count). The molecule has 52 valence electrons. The van der Waals surface area contributed by atoms with E-state index in [0.29, 0.717) is 0 Å². The molecule has 3 nitrogen and oxygen atoms in total. The van der Waals surface area contributed by atoms with Crippen molar-refractivity contribution < 1.29 is 9.05 Å². The van der Waals surface area contributed by atoms with Crippen LogP contribution in [0.25, 0.3) is 0 Å². The molecule has 9 heavy (non-hydrogen) atoms. The van der Waals surface area contributed by atoms with Crippen LogP contribution in [0.2, 0.25) is 0 Å². The largest absolute Gasteiger partial charge is 0.345 e. The zero-order valence-electron chi connectivity index (χ0n) is 5.54. The van der Waals surface area contributed by atoms with Crippen molar-refractivity contribution in [2.75, 3.05) is 33.0 Å². The van der Waals surface area contributed by atoms with E-state index in [-0.39, 0.29) is 0 Å². The molecule has 2 fully saturated rings. The van der Waals surface area contributed by atoms with Crippen molar-refractivity contribution in [1.82, 2.24) is 4.67 Å². The van der Waals surface area contributed by atoms with E-state index in [1.54, 1.807) is 0 Å². The first-order valence-electron chi connectivity index (χ1n) is 3.22. The second kappa shape index (κ2) is 1.89. The molecule has 0 bridgehead atoms. The molecule has 2 heterocycles. The third-order valence-corrected chi connectivity index (χ3v) is 4.63. The summed E-state index contributed by atoms with van der Waals surface area (Å²) in [7, 11) is -1.45. The third kappa shape index (κ3) is 0.802. The summed E-state index contributed by atoms with van der Waals surface area (Å²) in [4.78, 5) is 0. The van der Waals surface area contributed by atoms with E-state index >= 15 is 0 Å². The van der Waals surface area contributed by atoms with Crippen molar-refractivity contribution in [1.29, 1.82) is 0 Å². The lowest BCUT2D eigenvalue weighted by molar-refractivity contribution is 0.277. The molecule has 0 aliphatic carbocycles. The molecular formula is C5H11NO2P+. The van der Waals surface area contributed by atoms with Gasteiger partial charge in [-0.25, -0.2) is 0 Å².